The second-order valence-corrected chi connectivity index (χ2v) is 7.33. The first-order valence-corrected chi connectivity index (χ1v) is 10.3. The number of rotatable bonds is 18. The molecule has 22 heavy (non-hydrogen) atoms. The standard InChI is InChI=1S/C21H44N/c1-4-5-6-7-8-9-10-11-12-13-14-15-16-17-18-19-22-20-21(2)3/h22H,4-20H2,1-3H3. The molecule has 0 unspecified atom stereocenters. The lowest BCUT2D eigenvalue weighted by molar-refractivity contribution is 0.528. The van der Waals surface area contributed by atoms with Crippen molar-refractivity contribution in [2.24, 2.45) is 0 Å². The van der Waals surface area contributed by atoms with Gasteiger partial charge in [0.05, 0.1) is 0 Å². The Morgan fingerprint density at radius 1 is 0.545 bits per heavy atom. The number of unbranched alkanes of at least 4 members (excludes halogenated alkanes) is 14. The molecule has 0 aromatic heterocycles. The molecule has 1 N–H and O–H groups in total. The minimum Gasteiger partial charge on any atom is -0.316 e. The van der Waals surface area contributed by atoms with Crippen LogP contribution in [0.4, 0.5) is 0 Å². The minimum absolute atomic E-state index is 1.10. The van der Waals surface area contributed by atoms with Crippen molar-refractivity contribution in [3.63, 3.8) is 0 Å². The van der Waals surface area contributed by atoms with E-state index in [2.05, 4.69) is 26.1 Å². The van der Waals surface area contributed by atoms with Gasteiger partial charge in [0, 0.05) is 6.54 Å². The Labute approximate surface area is 142 Å². The molecule has 1 radical (unpaired) electrons. The smallest absolute Gasteiger partial charge is 0.000811 e. The number of nitrogens with one attached hydrogen (secondary N) is 1. The van der Waals surface area contributed by atoms with E-state index in [0.717, 1.165) is 6.54 Å². The second kappa shape index (κ2) is 19.0. The maximum absolute atomic E-state index is 3.49. The first-order valence-electron chi connectivity index (χ1n) is 10.3. The Balaban J connectivity index is 2.94. The first kappa shape index (κ1) is 22.0. The summed E-state index contributed by atoms with van der Waals surface area (Å²) in [5, 5.41) is 3.49. The van der Waals surface area contributed by atoms with Gasteiger partial charge in [-0.3, -0.25) is 0 Å². The van der Waals surface area contributed by atoms with Crippen molar-refractivity contribution in [3.8, 4) is 0 Å². The zero-order valence-electron chi connectivity index (χ0n) is 16.0. The van der Waals surface area contributed by atoms with Gasteiger partial charge in [-0.2, -0.15) is 0 Å². The Hall–Kier alpha value is -0.0400. The highest BCUT2D eigenvalue weighted by Crippen LogP contribution is 2.13. The fourth-order valence-corrected chi connectivity index (χ4v) is 2.96. The summed E-state index contributed by atoms with van der Waals surface area (Å²) in [4.78, 5) is 0. The average Bonchev–Trinajstić information content (AvgIpc) is 2.50. The first-order chi connectivity index (χ1) is 10.8. The third kappa shape index (κ3) is 20.0. The summed E-state index contributed by atoms with van der Waals surface area (Å²) in [6.45, 7) is 8.98. The van der Waals surface area contributed by atoms with E-state index in [9.17, 15) is 0 Å². The van der Waals surface area contributed by atoms with E-state index in [-0.39, 0.29) is 0 Å². The van der Waals surface area contributed by atoms with Gasteiger partial charge in [0.15, 0.2) is 0 Å². The average molecular weight is 311 g/mol. The van der Waals surface area contributed by atoms with Crippen LogP contribution in [0.1, 0.15) is 117 Å². The highest BCUT2D eigenvalue weighted by molar-refractivity contribution is 4.79. The highest BCUT2D eigenvalue weighted by Gasteiger charge is 1.95. The van der Waals surface area contributed by atoms with E-state index in [1.165, 1.54) is 109 Å². The molecule has 0 aliphatic carbocycles. The maximum Gasteiger partial charge on any atom is 0.000811 e. The van der Waals surface area contributed by atoms with Crippen molar-refractivity contribution in [3.05, 3.63) is 5.92 Å². The van der Waals surface area contributed by atoms with Crippen molar-refractivity contribution in [1.82, 2.24) is 5.32 Å². The Morgan fingerprint density at radius 3 is 1.27 bits per heavy atom. The van der Waals surface area contributed by atoms with Gasteiger partial charge in [0.25, 0.3) is 0 Å². The van der Waals surface area contributed by atoms with E-state index >= 15 is 0 Å². The van der Waals surface area contributed by atoms with Crippen molar-refractivity contribution < 1.29 is 0 Å². The molecule has 0 bridgehead atoms. The molecule has 133 valence electrons. The van der Waals surface area contributed by atoms with Gasteiger partial charge in [-0.05, 0) is 18.9 Å². The largest absolute Gasteiger partial charge is 0.316 e. The van der Waals surface area contributed by atoms with Crippen LogP contribution in [0, 0.1) is 5.92 Å². The van der Waals surface area contributed by atoms with E-state index in [4.69, 9.17) is 0 Å². The molecule has 1 heteroatoms. The van der Waals surface area contributed by atoms with Gasteiger partial charge >= 0.3 is 0 Å². The van der Waals surface area contributed by atoms with Crippen LogP contribution in [0.2, 0.25) is 0 Å². The summed E-state index contributed by atoms with van der Waals surface area (Å²) in [6.07, 6.45) is 21.7. The molecule has 0 amide bonds. The summed E-state index contributed by atoms with van der Waals surface area (Å²) in [5.74, 6) is 1.49. The predicted octanol–water partition coefficient (Wildman–Crippen LogP) is 7.06. The lowest BCUT2D eigenvalue weighted by Crippen LogP contribution is -2.19. The molecule has 0 atom stereocenters. The van der Waals surface area contributed by atoms with Gasteiger partial charge in [-0.1, -0.05) is 111 Å². The molecule has 0 aliphatic heterocycles. The van der Waals surface area contributed by atoms with Crippen LogP contribution in [0.5, 0.6) is 0 Å². The second-order valence-electron chi connectivity index (χ2n) is 7.33. The Bertz CT molecular complexity index is 188. The molecule has 0 saturated carbocycles. The molecule has 0 spiro atoms. The van der Waals surface area contributed by atoms with Gasteiger partial charge in [0.1, 0.15) is 0 Å². The Kier molecular flexibility index (Phi) is 19.0. The molecular formula is C21H44N. The topological polar surface area (TPSA) is 12.0 Å². The van der Waals surface area contributed by atoms with E-state index in [1.54, 1.807) is 0 Å². The van der Waals surface area contributed by atoms with Crippen LogP contribution < -0.4 is 5.32 Å². The van der Waals surface area contributed by atoms with Crippen LogP contribution in [-0.4, -0.2) is 13.1 Å². The van der Waals surface area contributed by atoms with Gasteiger partial charge in [-0.15, -0.1) is 0 Å². The van der Waals surface area contributed by atoms with Gasteiger partial charge < -0.3 is 5.32 Å². The van der Waals surface area contributed by atoms with E-state index in [0.29, 0.717) is 0 Å². The normalized spacial score (nSPS) is 11.5. The molecule has 0 fully saturated rings. The molecular weight excluding hydrogens is 266 g/mol. The molecule has 0 aliphatic rings. The predicted molar refractivity (Wildman–Crippen MR) is 102 cm³/mol. The lowest BCUT2D eigenvalue weighted by Gasteiger charge is -2.06. The summed E-state index contributed by atoms with van der Waals surface area (Å²) in [5.41, 5.74) is 0. The Morgan fingerprint density at radius 2 is 0.909 bits per heavy atom. The van der Waals surface area contributed by atoms with Gasteiger partial charge in [-0.25, -0.2) is 0 Å². The zero-order valence-corrected chi connectivity index (χ0v) is 16.0. The lowest BCUT2D eigenvalue weighted by atomic mass is 10.0. The summed E-state index contributed by atoms with van der Waals surface area (Å²) in [7, 11) is 0. The molecule has 1 nitrogen and oxygen atoms in total. The van der Waals surface area contributed by atoms with Crippen LogP contribution in [0.3, 0.4) is 0 Å². The minimum atomic E-state index is 1.10. The fourth-order valence-electron chi connectivity index (χ4n) is 2.96. The van der Waals surface area contributed by atoms with Crippen molar-refractivity contribution in [2.45, 2.75) is 117 Å². The number of hydrogen-bond donors (Lipinski definition) is 1. The van der Waals surface area contributed by atoms with Crippen LogP contribution in [-0.2, 0) is 0 Å². The summed E-state index contributed by atoms with van der Waals surface area (Å²) in [6, 6.07) is 0. The van der Waals surface area contributed by atoms with Crippen molar-refractivity contribution in [1.29, 1.82) is 0 Å². The van der Waals surface area contributed by atoms with Crippen molar-refractivity contribution in [2.75, 3.05) is 13.1 Å². The SMILES string of the molecule is CCCCCCCCCCCCCCCCCNC[C](C)C. The monoisotopic (exact) mass is 310 g/mol. The third-order valence-electron chi connectivity index (χ3n) is 4.44. The van der Waals surface area contributed by atoms with E-state index < -0.39 is 0 Å². The molecule has 0 heterocycles. The van der Waals surface area contributed by atoms with Crippen molar-refractivity contribution >= 4 is 0 Å². The summed E-state index contributed by atoms with van der Waals surface area (Å²) >= 11 is 0. The molecule has 0 rings (SSSR count). The molecule has 0 aromatic carbocycles. The summed E-state index contributed by atoms with van der Waals surface area (Å²) < 4.78 is 0. The van der Waals surface area contributed by atoms with Crippen LogP contribution in [0.25, 0.3) is 0 Å². The van der Waals surface area contributed by atoms with Crippen LogP contribution >= 0.6 is 0 Å². The highest BCUT2D eigenvalue weighted by atomic mass is 14.8. The molecule has 0 aromatic rings. The van der Waals surface area contributed by atoms with Crippen LogP contribution in [0.15, 0.2) is 0 Å². The fraction of sp³-hybridized carbons (Fsp3) is 0.952. The van der Waals surface area contributed by atoms with Gasteiger partial charge in [0.2, 0.25) is 0 Å². The maximum atomic E-state index is 3.49. The number of hydrogen-bond acceptors (Lipinski definition) is 1. The zero-order chi connectivity index (χ0) is 16.3. The molecule has 0 saturated heterocycles. The quantitative estimate of drug-likeness (QED) is 0.267. The van der Waals surface area contributed by atoms with E-state index in [1.807, 2.05) is 0 Å². The third-order valence-corrected chi connectivity index (χ3v) is 4.44.